The molecule has 3 nitrogen and oxygen atoms in total. The molecule has 4 heteroatoms. The number of hydrogen-bond acceptors (Lipinski definition) is 3. The predicted octanol–water partition coefficient (Wildman–Crippen LogP) is 4.41. The number of aliphatic hydroxyl groups excluding tert-OH is 1. The van der Waals surface area contributed by atoms with Crippen molar-refractivity contribution in [1.82, 2.24) is 0 Å². The lowest BCUT2D eigenvalue weighted by Crippen LogP contribution is -1.98. The summed E-state index contributed by atoms with van der Waals surface area (Å²) in [6.07, 6.45) is 0.928. The standard InChI is InChI=1S/C16H17ClO3/c1-2-9-19-15-5-3-4-6-16(15)20-14-8-7-13(17)10-12(14)11-18/h3-8,10,18H,2,9,11H2,1H3. The summed E-state index contributed by atoms with van der Waals surface area (Å²) in [5, 5.41) is 9.93. The summed E-state index contributed by atoms with van der Waals surface area (Å²) in [7, 11) is 0. The summed E-state index contributed by atoms with van der Waals surface area (Å²) in [5.74, 6) is 1.88. The van der Waals surface area contributed by atoms with Crippen LogP contribution in [0.3, 0.4) is 0 Å². The molecular weight excluding hydrogens is 276 g/mol. The van der Waals surface area contributed by atoms with Gasteiger partial charge in [-0.3, -0.25) is 0 Å². The Hall–Kier alpha value is -1.71. The molecule has 0 amide bonds. The van der Waals surface area contributed by atoms with Gasteiger partial charge in [0.2, 0.25) is 0 Å². The molecule has 0 aliphatic heterocycles. The summed E-state index contributed by atoms with van der Waals surface area (Å²) in [6, 6.07) is 12.6. The first-order chi connectivity index (χ1) is 9.74. The van der Waals surface area contributed by atoms with E-state index in [1.54, 1.807) is 18.2 Å². The maximum atomic E-state index is 9.36. The molecule has 0 saturated heterocycles. The van der Waals surface area contributed by atoms with Crippen LogP contribution in [0.2, 0.25) is 5.02 Å². The van der Waals surface area contributed by atoms with Crippen LogP contribution < -0.4 is 9.47 Å². The van der Waals surface area contributed by atoms with Gasteiger partial charge in [-0.15, -0.1) is 0 Å². The van der Waals surface area contributed by atoms with Crippen molar-refractivity contribution in [3.05, 3.63) is 53.1 Å². The number of halogens is 1. The Kier molecular flexibility index (Phi) is 5.27. The van der Waals surface area contributed by atoms with E-state index in [4.69, 9.17) is 21.1 Å². The zero-order chi connectivity index (χ0) is 14.4. The molecule has 1 N–H and O–H groups in total. The Morgan fingerprint density at radius 3 is 2.50 bits per heavy atom. The molecule has 0 atom stereocenters. The largest absolute Gasteiger partial charge is 0.490 e. The zero-order valence-corrected chi connectivity index (χ0v) is 12.1. The summed E-state index contributed by atoms with van der Waals surface area (Å²) in [6.45, 7) is 2.55. The smallest absolute Gasteiger partial charge is 0.169 e. The van der Waals surface area contributed by atoms with Crippen molar-refractivity contribution in [1.29, 1.82) is 0 Å². The van der Waals surface area contributed by atoms with E-state index in [0.717, 1.165) is 6.42 Å². The minimum Gasteiger partial charge on any atom is -0.490 e. The first kappa shape index (κ1) is 14.7. The highest BCUT2D eigenvalue weighted by atomic mass is 35.5. The minimum atomic E-state index is -0.131. The SMILES string of the molecule is CCCOc1ccccc1Oc1ccc(Cl)cc1CO. The highest BCUT2D eigenvalue weighted by Crippen LogP contribution is 2.34. The molecule has 2 aromatic rings. The van der Waals surface area contributed by atoms with Gasteiger partial charge in [0.05, 0.1) is 13.2 Å². The molecule has 2 rings (SSSR count). The van der Waals surface area contributed by atoms with Crippen LogP contribution in [0.15, 0.2) is 42.5 Å². The fourth-order valence-electron chi connectivity index (χ4n) is 1.76. The normalized spacial score (nSPS) is 10.3. The molecule has 0 heterocycles. The van der Waals surface area contributed by atoms with E-state index < -0.39 is 0 Å². The van der Waals surface area contributed by atoms with Crippen molar-refractivity contribution in [3.63, 3.8) is 0 Å². The van der Waals surface area contributed by atoms with Crippen LogP contribution in [0.5, 0.6) is 17.2 Å². The Balaban J connectivity index is 2.25. The lowest BCUT2D eigenvalue weighted by molar-refractivity contribution is 0.273. The van der Waals surface area contributed by atoms with Crippen LogP contribution in [0.4, 0.5) is 0 Å². The average Bonchev–Trinajstić information content (AvgIpc) is 2.48. The van der Waals surface area contributed by atoms with E-state index >= 15 is 0 Å². The van der Waals surface area contributed by atoms with Gasteiger partial charge in [0.1, 0.15) is 5.75 Å². The predicted molar refractivity (Wildman–Crippen MR) is 79.7 cm³/mol. The second-order valence-electron chi connectivity index (χ2n) is 4.31. The zero-order valence-electron chi connectivity index (χ0n) is 11.3. The van der Waals surface area contributed by atoms with Crippen molar-refractivity contribution in [2.75, 3.05) is 6.61 Å². The van der Waals surface area contributed by atoms with Crippen LogP contribution in [-0.2, 0) is 6.61 Å². The molecule has 2 aromatic carbocycles. The van der Waals surface area contributed by atoms with Gasteiger partial charge in [-0.25, -0.2) is 0 Å². The van der Waals surface area contributed by atoms with Gasteiger partial charge in [0.15, 0.2) is 11.5 Å². The molecule has 0 aliphatic rings. The van der Waals surface area contributed by atoms with Crippen LogP contribution in [0.25, 0.3) is 0 Å². The molecule has 0 saturated carbocycles. The molecule has 0 fully saturated rings. The van der Waals surface area contributed by atoms with Gasteiger partial charge in [0, 0.05) is 10.6 Å². The quantitative estimate of drug-likeness (QED) is 0.857. The van der Waals surface area contributed by atoms with Crippen LogP contribution >= 0.6 is 11.6 Å². The van der Waals surface area contributed by atoms with Crippen molar-refractivity contribution < 1.29 is 14.6 Å². The van der Waals surface area contributed by atoms with Crippen molar-refractivity contribution in [3.8, 4) is 17.2 Å². The van der Waals surface area contributed by atoms with Gasteiger partial charge < -0.3 is 14.6 Å². The number of hydrogen-bond donors (Lipinski definition) is 1. The highest BCUT2D eigenvalue weighted by molar-refractivity contribution is 6.30. The number of para-hydroxylation sites is 2. The molecule has 0 spiro atoms. The first-order valence-corrected chi connectivity index (χ1v) is 6.91. The van der Waals surface area contributed by atoms with E-state index in [2.05, 4.69) is 0 Å². The van der Waals surface area contributed by atoms with E-state index in [0.29, 0.717) is 34.4 Å². The summed E-state index contributed by atoms with van der Waals surface area (Å²) < 4.78 is 11.5. The fourth-order valence-corrected chi connectivity index (χ4v) is 1.95. The third-order valence-electron chi connectivity index (χ3n) is 2.72. The number of rotatable bonds is 6. The van der Waals surface area contributed by atoms with E-state index in [-0.39, 0.29) is 6.61 Å². The van der Waals surface area contributed by atoms with Crippen LogP contribution in [0, 0.1) is 0 Å². The summed E-state index contributed by atoms with van der Waals surface area (Å²) in [4.78, 5) is 0. The fraction of sp³-hybridized carbons (Fsp3) is 0.250. The third kappa shape index (κ3) is 3.65. The van der Waals surface area contributed by atoms with Gasteiger partial charge in [0.25, 0.3) is 0 Å². The minimum absolute atomic E-state index is 0.131. The molecule has 0 aliphatic carbocycles. The van der Waals surface area contributed by atoms with Crippen LogP contribution in [0.1, 0.15) is 18.9 Å². The number of ether oxygens (including phenoxy) is 2. The van der Waals surface area contributed by atoms with Crippen molar-refractivity contribution >= 4 is 11.6 Å². The van der Waals surface area contributed by atoms with Crippen molar-refractivity contribution in [2.45, 2.75) is 20.0 Å². The van der Waals surface area contributed by atoms with E-state index in [1.807, 2.05) is 31.2 Å². The molecule has 106 valence electrons. The molecule has 20 heavy (non-hydrogen) atoms. The highest BCUT2D eigenvalue weighted by Gasteiger charge is 2.09. The molecular formula is C16H17ClO3. The Morgan fingerprint density at radius 1 is 1.05 bits per heavy atom. The van der Waals surface area contributed by atoms with E-state index in [9.17, 15) is 5.11 Å². The second-order valence-corrected chi connectivity index (χ2v) is 4.74. The van der Waals surface area contributed by atoms with Crippen molar-refractivity contribution in [2.24, 2.45) is 0 Å². The van der Waals surface area contributed by atoms with Gasteiger partial charge in [-0.2, -0.15) is 0 Å². The Labute approximate surface area is 123 Å². The molecule has 0 radical (unpaired) electrons. The topological polar surface area (TPSA) is 38.7 Å². The van der Waals surface area contributed by atoms with Gasteiger partial charge >= 0.3 is 0 Å². The van der Waals surface area contributed by atoms with Gasteiger partial charge in [-0.1, -0.05) is 30.7 Å². The first-order valence-electron chi connectivity index (χ1n) is 6.53. The summed E-state index contributed by atoms with van der Waals surface area (Å²) in [5.41, 5.74) is 0.641. The third-order valence-corrected chi connectivity index (χ3v) is 2.96. The number of aliphatic hydroxyl groups is 1. The molecule has 0 aromatic heterocycles. The van der Waals surface area contributed by atoms with E-state index in [1.165, 1.54) is 0 Å². The molecule has 0 unspecified atom stereocenters. The van der Waals surface area contributed by atoms with Gasteiger partial charge in [-0.05, 0) is 36.8 Å². The van der Waals surface area contributed by atoms with Crippen LogP contribution in [-0.4, -0.2) is 11.7 Å². The Bertz CT molecular complexity index is 569. The average molecular weight is 293 g/mol. The lowest BCUT2D eigenvalue weighted by Gasteiger charge is -2.14. The lowest BCUT2D eigenvalue weighted by atomic mass is 10.2. The maximum absolute atomic E-state index is 9.36. The maximum Gasteiger partial charge on any atom is 0.169 e. The monoisotopic (exact) mass is 292 g/mol. The second kappa shape index (κ2) is 7.17. The molecule has 0 bridgehead atoms. The Morgan fingerprint density at radius 2 is 1.80 bits per heavy atom. The summed E-state index contributed by atoms with van der Waals surface area (Å²) >= 11 is 5.91. The number of benzene rings is 2.